The Labute approximate surface area is 110 Å². The van der Waals surface area contributed by atoms with E-state index in [1.54, 1.807) is 12.1 Å². The van der Waals surface area contributed by atoms with E-state index in [1.807, 2.05) is 13.8 Å². The van der Waals surface area contributed by atoms with Crippen molar-refractivity contribution in [2.75, 3.05) is 5.32 Å². The average Bonchev–Trinajstić information content (AvgIpc) is 2.92. The van der Waals surface area contributed by atoms with Crippen LogP contribution in [0.4, 0.5) is 5.82 Å². The first-order chi connectivity index (χ1) is 9.10. The summed E-state index contributed by atoms with van der Waals surface area (Å²) in [4.78, 5) is 19.3. The average molecular weight is 261 g/mol. The zero-order valence-corrected chi connectivity index (χ0v) is 10.8. The number of aromatic carboxylic acids is 1. The minimum absolute atomic E-state index is 0.0628. The summed E-state index contributed by atoms with van der Waals surface area (Å²) in [6.45, 7) is 4.03. The number of hydrogen-bond acceptors (Lipinski definition) is 5. The number of rotatable bonds is 5. The first kappa shape index (κ1) is 13.1. The first-order valence-electron chi connectivity index (χ1n) is 6.03. The minimum atomic E-state index is -1.09. The molecule has 2 heterocycles. The normalized spacial score (nSPS) is 12.1. The van der Waals surface area contributed by atoms with E-state index in [0.29, 0.717) is 11.6 Å². The number of nitrogens with zero attached hydrogens (tertiary/aromatic N) is 2. The van der Waals surface area contributed by atoms with Crippen LogP contribution in [0.3, 0.4) is 0 Å². The Morgan fingerprint density at radius 1 is 1.53 bits per heavy atom. The van der Waals surface area contributed by atoms with Crippen molar-refractivity contribution in [1.82, 2.24) is 9.97 Å². The van der Waals surface area contributed by atoms with E-state index in [0.717, 1.165) is 6.42 Å². The van der Waals surface area contributed by atoms with Gasteiger partial charge in [-0.3, -0.25) is 0 Å². The molecule has 0 aliphatic heterocycles. The number of carbonyl (C=O) groups is 1. The van der Waals surface area contributed by atoms with Gasteiger partial charge in [0.2, 0.25) is 0 Å². The molecule has 0 fully saturated rings. The maximum atomic E-state index is 11.1. The van der Waals surface area contributed by atoms with Gasteiger partial charge in [0, 0.05) is 12.1 Å². The van der Waals surface area contributed by atoms with Gasteiger partial charge in [0.15, 0.2) is 17.3 Å². The molecule has 0 amide bonds. The van der Waals surface area contributed by atoms with Crippen molar-refractivity contribution in [1.29, 1.82) is 0 Å². The lowest BCUT2D eigenvalue weighted by Crippen LogP contribution is -2.16. The van der Waals surface area contributed by atoms with Crippen molar-refractivity contribution in [3.8, 4) is 11.6 Å². The molecule has 0 bridgehead atoms. The highest BCUT2D eigenvalue weighted by molar-refractivity contribution is 5.86. The predicted octanol–water partition coefficient (Wildman–Crippen LogP) is 2.65. The van der Waals surface area contributed by atoms with Gasteiger partial charge in [0.1, 0.15) is 5.82 Å². The second-order valence-corrected chi connectivity index (χ2v) is 4.20. The molecule has 0 spiro atoms. The third-order valence-corrected chi connectivity index (χ3v) is 2.69. The number of furan rings is 1. The molecule has 2 N–H and O–H groups in total. The van der Waals surface area contributed by atoms with Crippen LogP contribution in [0.2, 0.25) is 0 Å². The summed E-state index contributed by atoms with van der Waals surface area (Å²) in [6.07, 6.45) is 2.40. The summed E-state index contributed by atoms with van der Waals surface area (Å²) in [5.74, 6) is 0.0848. The second kappa shape index (κ2) is 5.51. The van der Waals surface area contributed by atoms with Gasteiger partial charge in [-0.1, -0.05) is 6.92 Å². The molecule has 0 aromatic carbocycles. The molecule has 19 heavy (non-hydrogen) atoms. The maximum absolute atomic E-state index is 11.1. The minimum Gasteiger partial charge on any atom is -0.477 e. The monoisotopic (exact) mass is 261 g/mol. The lowest BCUT2D eigenvalue weighted by molar-refractivity contribution is 0.0690. The summed E-state index contributed by atoms with van der Waals surface area (Å²) >= 11 is 0. The van der Waals surface area contributed by atoms with Gasteiger partial charge in [-0.2, -0.15) is 0 Å². The van der Waals surface area contributed by atoms with E-state index in [4.69, 9.17) is 9.52 Å². The van der Waals surface area contributed by atoms with Crippen molar-refractivity contribution in [3.63, 3.8) is 0 Å². The molecule has 0 aliphatic rings. The zero-order chi connectivity index (χ0) is 13.8. The number of carboxylic acids is 1. The molecule has 2 aromatic heterocycles. The fourth-order valence-corrected chi connectivity index (χ4v) is 1.50. The van der Waals surface area contributed by atoms with Crippen LogP contribution < -0.4 is 5.32 Å². The van der Waals surface area contributed by atoms with Gasteiger partial charge in [-0.05, 0) is 25.5 Å². The second-order valence-electron chi connectivity index (χ2n) is 4.20. The van der Waals surface area contributed by atoms with Crippen LogP contribution in [-0.4, -0.2) is 27.1 Å². The standard InChI is InChI=1S/C13H15N3O3/c1-3-8(2)14-11-7-9(13(17)18)15-12(16-11)10-5-4-6-19-10/h4-8H,3H2,1-2H3,(H,17,18)(H,14,15,16). The molecule has 0 saturated carbocycles. The predicted molar refractivity (Wildman–Crippen MR) is 70.1 cm³/mol. The summed E-state index contributed by atoms with van der Waals surface area (Å²) in [5.41, 5.74) is -0.0628. The van der Waals surface area contributed by atoms with Crippen LogP contribution >= 0.6 is 0 Å². The van der Waals surface area contributed by atoms with Crippen molar-refractivity contribution in [2.45, 2.75) is 26.3 Å². The van der Waals surface area contributed by atoms with Crippen LogP contribution in [0.15, 0.2) is 28.9 Å². The van der Waals surface area contributed by atoms with Crippen LogP contribution in [0.1, 0.15) is 30.8 Å². The lowest BCUT2D eigenvalue weighted by Gasteiger charge is -2.12. The van der Waals surface area contributed by atoms with E-state index in [2.05, 4.69) is 15.3 Å². The zero-order valence-electron chi connectivity index (χ0n) is 10.8. The largest absolute Gasteiger partial charge is 0.477 e. The molecule has 0 saturated heterocycles. The summed E-state index contributed by atoms with van der Waals surface area (Å²) in [5, 5.41) is 12.2. The molecule has 0 aliphatic carbocycles. The number of aromatic nitrogens is 2. The highest BCUT2D eigenvalue weighted by atomic mass is 16.4. The van der Waals surface area contributed by atoms with Gasteiger partial charge in [-0.15, -0.1) is 0 Å². The highest BCUT2D eigenvalue weighted by Gasteiger charge is 2.14. The van der Waals surface area contributed by atoms with Crippen LogP contribution in [0, 0.1) is 0 Å². The van der Waals surface area contributed by atoms with Gasteiger partial charge in [0.05, 0.1) is 6.26 Å². The molecule has 100 valence electrons. The molecule has 2 aromatic rings. The van der Waals surface area contributed by atoms with E-state index in [-0.39, 0.29) is 17.6 Å². The Morgan fingerprint density at radius 3 is 2.89 bits per heavy atom. The first-order valence-corrected chi connectivity index (χ1v) is 6.03. The molecule has 1 atom stereocenters. The lowest BCUT2D eigenvalue weighted by atomic mass is 10.2. The molecular weight excluding hydrogens is 246 g/mol. The van der Waals surface area contributed by atoms with E-state index in [1.165, 1.54) is 12.3 Å². The Hall–Kier alpha value is -2.37. The van der Waals surface area contributed by atoms with Crippen molar-refractivity contribution in [2.24, 2.45) is 0 Å². The third-order valence-electron chi connectivity index (χ3n) is 2.69. The number of hydrogen-bond donors (Lipinski definition) is 2. The number of nitrogens with one attached hydrogen (secondary N) is 1. The van der Waals surface area contributed by atoms with Crippen LogP contribution in [-0.2, 0) is 0 Å². The quantitative estimate of drug-likeness (QED) is 0.860. The van der Waals surface area contributed by atoms with Crippen LogP contribution in [0.5, 0.6) is 0 Å². The van der Waals surface area contributed by atoms with Crippen molar-refractivity contribution < 1.29 is 14.3 Å². The summed E-state index contributed by atoms with van der Waals surface area (Å²) < 4.78 is 5.19. The Bertz CT molecular complexity index is 567. The highest BCUT2D eigenvalue weighted by Crippen LogP contribution is 2.19. The SMILES string of the molecule is CCC(C)Nc1cc(C(=O)O)nc(-c2ccco2)n1. The molecule has 6 heteroatoms. The molecular formula is C13H15N3O3. The molecule has 1 unspecified atom stereocenters. The van der Waals surface area contributed by atoms with E-state index >= 15 is 0 Å². The van der Waals surface area contributed by atoms with Gasteiger partial charge < -0.3 is 14.8 Å². The van der Waals surface area contributed by atoms with E-state index < -0.39 is 5.97 Å². The Morgan fingerprint density at radius 2 is 2.32 bits per heavy atom. The fraction of sp³-hybridized carbons (Fsp3) is 0.308. The van der Waals surface area contributed by atoms with Gasteiger partial charge >= 0.3 is 5.97 Å². The summed E-state index contributed by atoms with van der Waals surface area (Å²) in [7, 11) is 0. The third kappa shape index (κ3) is 3.09. The van der Waals surface area contributed by atoms with Crippen molar-refractivity contribution >= 4 is 11.8 Å². The van der Waals surface area contributed by atoms with Crippen LogP contribution in [0.25, 0.3) is 11.6 Å². The molecule has 0 radical (unpaired) electrons. The molecule has 6 nitrogen and oxygen atoms in total. The Kier molecular flexibility index (Phi) is 3.79. The van der Waals surface area contributed by atoms with Gasteiger partial charge in [-0.25, -0.2) is 14.8 Å². The number of carboxylic acid groups (broad SMARTS) is 1. The molecule has 2 rings (SSSR count). The number of anilines is 1. The Balaban J connectivity index is 2.41. The smallest absolute Gasteiger partial charge is 0.354 e. The van der Waals surface area contributed by atoms with Crippen molar-refractivity contribution in [3.05, 3.63) is 30.2 Å². The summed E-state index contributed by atoms with van der Waals surface area (Å²) in [6, 6.07) is 5.00. The topological polar surface area (TPSA) is 88.2 Å². The fourth-order valence-electron chi connectivity index (χ4n) is 1.50. The maximum Gasteiger partial charge on any atom is 0.354 e. The van der Waals surface area contributed by atoms with Gasteiger partial charge in [0.25, 0.3) is 0 Å². The van der Waals surface area contributed by atoms with E-state index in [9.17, 15) is 4.79 Å².